The van der Waals surface area contributed by atoms with Gasteiger partial charge in [0, 0.05) is 13.1 Å². The molecule has 0 saturated heterocycles. The first kappa shape index (κ1) is 19.1. The largest absolute Gasteiger partial charge is 0.341 e. The predicted octanol–water partition coefficient (Wildman–Crippen LogP) is 4.76. The zero-order chi connectivity index (χ0) is 16.3. The lowest BCUT2D eigenvalue weighted by Crippen LogP contribution is -2.37. The average molecular weight is 287 g/mol. The molecule has 3 nitrogen and oxygen atoms in total. The number of aliphatic imine (C=N–C) groups is 2. The molecule has 0 bridgehead atoms. The van der Waals surface area contributed by atoms with Gasteiger partial charge in [-0.15, -0.1) is 13.2 Å². The van der Waals surface area contributed by atoms with Crippen LogP contribution in [0.25, 0.3) is 0 Å². The number of hydrogen-bond acceptors (Lipinski definition) is 1. The normalized spacial score (nSPS) is 16.0. The van der Waals surface area contributed by atoms with Gasteiger partial charge in [-0.3, -0.25) is 0 Å². The Balaban J connectivity index is 0.00000191. The first-order valence-electron chi connectivity index (χ1n) is 7.39. The highest BCUT2D eigenvalue weighted by molar-refractivity contribution is 5.85. The number of allylic oxidation sites excluding steroid dienone is 2. The van der Waals surface area contributed by atoms with E-state index >= 15 is 0 Å². The van der Waals surface area contributed by atoms with Gasteiger partial charge in [-0.25, -0.2) is 9.98 Å². The quantitative estimate of drug-likeness (QED) is 0.317. The second-order valence-electron chi connectivity index (χ2n) is 4.94. The standard InChI is InChI=1S/C16H25N3.C2H4/c1-6-10-13(2)14(3)18-16(17-4)19(5)15-11-8-7-9-12-15;1-2/h6,10,15H,2-4,7-9,11-12H2,1,5H3;1-2H2/b10-6-,18-16?;. The third kappa shape index (κ3) is 6.39. The summed E-state index contributed by atoms with van der Waals surface area (Å²) in [6.45, 7) is 19.4. The summed E-state index contributed by atoms with van der Waals surface area (Å²) in [6.07, 6.45) is 10.1. The molecular formula is C18H29N3. The highest BCUT2D eigenvalue weighted by atomic mass is 15.3. The minimum absolute atomic E-state index is 0.515. The summed E-state index contributed by atoms with van der Waals surface area (Å²) in [5, 5.41) is 0. The van der Waals surface area contributed by atoms with Crippen molar-refractivity contribution in [2.45, 2.75) is 45.1 Å². The first-order chi connectivity index (χ1) is 10.1. The first-order valence-corrected chi connectivity index (χ1v) is 7.39. The van der Waals surface area contributed by atoms with Gasteiger partial charge in [0.05, 0.1) is 5.70 Å². The van der Waals surface area contributed by atoms with Crippen molar-refractivity contribution in [3.8, 4) is 0 Å². The SMILES string of the molecule is C=C.C=NC(=NC(=C)C(=C)/C=C\C)N(C)C1CCCCC1. The van der Waals surface area contributed by atoms with Gasteiger partial charge in [0.1, 0.15) is 0 Å². The maximum Gasteiger partial charge on any atom is 0.225 e. The van der Waals surface area contributed by atoms with E-state index in [-0.39, 0.29) is 0 Å². The molecule has 0 atom stereocenters. The Labute approximate surface area is 130 Å². The van der Waals surface area contributed by atoms with Crippen LogP contribution in [-0.4, -0.2) is 30.7 Å². The number of guanidine groups is 1. The van der Waals surface area contributed by atoms with Crippen LogP contribution in [0.1, 0.15) is 39.0 Å². The van der Waals surface area contributed by atoms with Crippen molar-refractivity contribution in [1.82, 2.24) is 4.90 Å². The van der Waals surface area contributed by atoms with Gasteiger partial charge < -0.3 is 4.90 Å². The molecule has 0 heterocycles. The molecule has 1 rings (SSSR count). The third-order valence-corrected chi connectivity index (χ3v) is 3.55. The topological polar surface area (TPSA) is 28.0 Å². The zero-order valence-electron chi connectivity index (χ0n) is 13.6. The average Bonchev–Trinajstić information content (AvgIpc) is 2.54. The van der Waals surface area contributed by atoms with Crippen molar-refractivity contribution >= 4 is 12.7 Å². The van der Waals surface area contributed by atoms with E-state index in [2.05, 4.69) is 47.9 Å². The molecule has 1 saturated carbocycles. The molecule has 0 amide bonds. The summed E-state index contributed by atoms with van der Waals surface area (Å²) < 4.78 is 0. The summed E-state index contributed by atoms with van der Waals surface area (Å²) >= 11 is 0. The Morgan fingerprint density at radius 1 is 1.14 bits per heavy atom. The Bertz CT molecular complexity index is 412. The van der Waals surface area contributed by atoms with E-state index < -0.39 is 0 Å². The van der Waals surface area contributed by atoms with E-state index in [9.17, 15) is 0 Å². The molecule has 1 aliphatic rings. The summed E-state index contributed by atoms with van der Waals surface area (Å²) in [5.74, 6) is 0.641. The van der Waals surface area contributed by atoms with Crippen molar-refractivity contribution in [2.24, 2.45) is 9.98 Å². The molecule has 116 valence electrons. The molecule has 0 radical (unpaired) electrons. The summed E-state index contributed by atoms with van der Waals surface area (Å²) in [7, 11) is 2.04. The molecule has 0 aromatic heterocycles. The van der Waals surface area contributed by atoms with Crippen LogP contribution in [0.15, 0.2) is 59.7 Å². The van der Waals surface area contributed by atoms with Gasteiger partial charge in [0.25, 0.3) is 0 Å². The second-order valence-corrected chi connectivity index (χ2v) is 4.94. The molecule has 21 heavy (non-hydrogen) atoms. The molecule has 1 aliphatic carbocycles. The third-order valence-electron chi connectivity index (χ3n) is 3.55. The lowest BCUT2D eigenvalue weighted by Gasteiger charge is -2.31. The molecule has 0 aromatic carbocycles. The Morgan fingerprint density at radius 3 is 2.19 bits per heavy atom. The van der Waals surface area contributed by atoms with Gasteiger partial charge in [-0.2, -0.15) is 0 Å². The molecule has 0 unspecified atom stereocenters. The second kappa shape index (κ2) is 10.8. The molecule has 0 aromatic rings. The van der Waals surface area contributed by atoms with Crippen molar-refractivity contribution in [2.75, 3.05) is 7.05 Å². The molecule has 3 heteroatoms. The minimum Gasteiger partial charge on any atom is -0.341 e. The van der Waals surface area contributed by atoms with Crippen LogP contribution >= 0.6 is 0 Å². The number of hydrogen-bond donors (Lipinski definition) is 0. The van der Waals surface area contributed by atoms with E-state index in [1.807, 2.05) is 26.1 Å². The maximum absolute atomic E-state index is 4.46. The van der Waals surface area contributed by atoms with Crippen LogP contribution < -0.4 is 0 Å². The predicted molar refractivity (Wildman–Crippen MR) is 96.0 cm³/mol. The van der Waals surface area contributed by atoms with Crippen LogP contribution in [0.4, 0.5) is 0 Å². The maximum atomic E-state index is 4.46. The Kier molecular flexibility index (Phi) is 9.86. The van der Waals surface area contributed by atoms with Gasteiger partial charge in [0.15, 0.2) is 0 Å². The highest BCUT2D eigenvalue weighted by Gasteiger charge is 2.20. The minimum atomic E-state index is 0.515. The summed E-state index contributed by atoms with van der Waals surface area (Å²) in [4.78, 5) is 10.6. The van der Waals surface area contributed by atoms with Crippen molar-refractivity contribution in [3.63, 3.8) is 0 Å². The van der Waals surface area contributed by atoms with E-state index in [1.165, 1.54) is 32.1 Å². The van der Waals surface area contributed by atoms with Crippen LogP contribution in [0, 0.1) is 0 Å². The fourth-order valence-corrected chi connectivity index (χ4v) is 2.35. The van der Waals surface area contributed by atoms with Crippen molar-refractivity contribution < 1.29 is 0 Å². The fraction of sp³-hybridized carbons (Fsp3) is 0.444. The van der Waals surface area contributed by atoms with Gasteiger partial charge in [-0.05, 0) is 32.1 Å². The van der Waals surface area contributed by atoms with E-state index in [1.54, 1.807) is 0 Å². The molecule has 0 spiro atoms. The molecule has 0 N–H and O–H groups in total. The van der Waals surface area contributed by atoms with Gasteiger partial charge in [0.2, 0.25) is 5.96 Å². The summed E-state index contributed by atoms with van der Waals surface area (Å²) in [6, 6.07) is 0.515. The molecule has 0 aliphatic heterocycles. The van der Waals surface area contributed by atoms with Crippen LogP contribution in [0.3, 0.4) is 0 Å². The molecule has 1 fully saturated rings. The Morgan fingerprint density at radius 2 is 1.71 bits per heavy atom. The summed E-state index contributed by atoms with van der Waals surface area (Å²) in [5.41, 5.74) is 1.45. The van der Waals surface area contributed by atoms with Crippen LogP contribution in [-0.2, 0) is 0 Å². The van der Waals surface area contributed by atoms with Gasteiger partial charge in [-0.1, -0.05) is 44.6 Å². The van der Waals surface area contributed by atoms with Crippen molar-refractivity contribution in [3.05, 3.63) is 49.7 Å². The fourth-order valence-electron chi connectivity index (χ4n) is 2.35. The molecular weight excluding hydrogens is 258 g/mol. The van der Waals surface area contributed by atoms with E-state index in [4.69, 9.17) is 0 Å². The van der Waals surface area contributed by atoms with E-state index in [0.717, 1.165) is 5.57 Å². The van der Waals surface area contributed by atoms with E-state index in [0.29, 0.717) is 17.7 Å². The Hall–Kier alpha value is -1.90. The zero-order valence-corrected chi connectivity index (χ0v) is 13.6. The monoisotopic (exact) mass is 287 g/mol. The number of rotatable bonds is 4. The lowest BCUT2D eigenvalue weighted by molar-refractivity contribution is 0.276. The highest BCUT2D eigenvalue weighted by Crippen LogP contribution is 2.22. The number of nitrogens with zero attached hydrogens (tertiary/aromatic N) is 3. The van der Waals surface area contributed by atoms with Crippen molar-refractivity contribution in [1.29, 1.82) is 0 Å². The lowest BCUT2D eigenvalue weighted by atomic mass is 9.95. The smallest absolute Gasteiger partial charge is 0.225 e. The van der Waals surface area contributed by atoms with Crippen LogP contribution in [0.2, 0.25) is 0 Å². The van der Waals surface area contributed by atoms with Crippen LogP contribution in [0.5, 0.6) is 0 Å². The van der Waals surface area contributed by atoms with Gasteiger partial charge >= 0.3 is 0 Å².